The first-order valence-corrected chi connectivity index (χ1v) is 7.25. The molecule has 0 aromatic heterocycles. The molecule has 0 bridgehead atoms. The highest BCUT2D eigenvalue weighted by Crippen LogP contribution is 2.35. The van der Waals surface area contributed by atoms with Crippen LogP contribution in [0.2, 0.25) is 0 Å². The Balaban J connectivity index is 2.34. The van der Waals surface area contributed by atoms with E-state index in [1.807, 2.05) is 0 Å². The Morgan fingerprint density at radius 1 is 0.714 bits per heavy atom. The third-order valence-corrected chi connectivity index (χ3v) is 4.21. The van der Waals surface area contributed by atoms with Gasteiger partial charge in [0, 0.05) is 0 Å². The number of allylic oxidation sites excluding steroid dienone is 1. The normalized spacial score (nSPS) is 11.3. The maximum Gasteiger partial charge on any atom is -0.00264 e. The van der Waals surface area contributed by atoms with Crippen molar-refractivity contribution in [3.63, 3.8) is 0 Å². The maximum atomic E-state index is 4.14. The molecule has 4 aromatic rings. The lowest BCUT2D eigenvalue weighted by atomic mass is 9.91. The zero-order chi connectivity index (χ0) is 14.4. The van der Waals surface area contributed by atoms with Crippen LogP contribution in [0.4, 0.5) is 0 Å². The molecule has 0 saturated heterocycles. The fourth-order valence-electron chi connectivity index (χ4n) is 3.23. The zero-order valence-corrected chi connectivity index (χ0v) is 12.1. The summed E-state index contributed by atoms with van der Waals surface area (Å²) in [6.07, 6.45) is 0. The van der Waals surface area contributed by atoms with Gasteiger partial charge in [-0.2, -0.15) is 0 Å². The molecule has 100 valence electrons. The van der Waals surface area contributed by atoms with Crippen LogP contribution in [-0.2, 0) is 0 Å². The second kappa shape index (κ2) is 4.46. The first-order valence-electron chi connectivity index (χ1n) is 7.25. The molecule has 0 atom stereocenters. The van der Waals surface area contributed by atoms with Crippen molar-refractivity contribution in [2.45, 2.75) is 6.92 Å². The largest absolute Gasteiger partial charge is 0.0955 e. The van der Waals surface area contributed by atoms with Crippen molar-refractivity contribution in [3.05, 3.63) is 78.9 Å². The fourth-order valence-corrected chi connectivity index (χ4v) is 3.23. The summed E-state index contributed by atoms with van der Waals surface area (Å²) in [6, 6.07) is 23.9. The number of fused-ring (bicyclic) bond motifs is 5. The van der Waals surface area contributed by atoms with E-state index in [0.29, 0.717) is 0 Å². The van der Waals surface area contributed by atoms with Crippen LogP contribution in [-0.4, -0.2) is 0 Å². The molecule has 0 saturated carbocycles. The molecule has 21 heavy (non-hydrogen) atoms. The Morgan fingerprint density at radius 3 is 2.10 bits per heavy atom. The van der Waals surface area contributed by atoms with Crippen LogP contribution >= 0.6 is 0 Å². The van der Waals surface area contributed by atoms with Crippen LogP contribution in [0.1, 0.15) is 12.5 Å². The molecular weight excluding hydrogens is 252 g/mol. The Labute approximate surface area is 124 Å². The third-order valence-electron chi connectivity index (χ3n) is 4.21. The number of hydrogen-bond acceptors (Lipinski definition) is 0. The summed E-state index contributed by atoms with van der Waals surface area (Å²) in [5.74, 6) is 0. The van der Waals surface area contributed by atoms with E-state index in [0.717, 1.165) is 5.57 Å². The average molecular weight is 268 g/mol. The van der Waals surface area contributed by atoms with Gasteiger partial charge in [-0.3, -0.25) is 0 Å². The summed E-state index contributed by atoms with van der Waals surface area (Å²) in [7, 11) is 0. The number of benzene rings is 4. The van der Waals surface area contributed by atoms with Gasteiger partial charge in [0.25, 0.3) is 0 Å². The molecule has 0 radical (unpaired) electrons. The van der Waals surface area contributed by atoms with Gasteiger partial charge in [0.1, 0.15) is 0 Å². The van der Waals surface area contributed by atoms with E-state index >= 15 is 0 Å². The second-order valence-electron chi connectivity index (χ2n) is 5.63. The van der Waals surface area contributed by atoms with Gasteiger partial charge in [-0.15, -0.1) is 0 Å². The minimum atomic E-state index is 1.11. The van der Waals surface area contributed by atoms with E-state index in [2.05, 4.69) is 80.2 Å². The molecule has 0 heterocycles. The van der Waals surface area contributed by atoms with Gasteiger partial charge in [-0.25, -0.2) is 0 Å². The summed E-state index contributed by atoms with van der Waals surface area (Å²) in [4.78, 5) is 0. The predicted octanol–water partition coefficient (Wildman–Crippen LogP) is 6.18. The van der Waals surface area contributed by atoms with Crippen LogP contribution in [0.25, 0.3) is 37.9 Å². The molecule has 0 fully saturated rings. The summed E-state index contributed by atoms with van der Waals surface area (Å²) < 4.78 is 0. The molecule has 4 rings (SSSR count). The molecule has 0 aliphatic rings. The second-order valence-corrected chi connectivity index (χ2v) is 5.63. The van der Waals surface area contributed by atoms with Gasteiger partial charge in [0.05, 0.1) is 0 Å². The van der Waals surface area contributed by atoms with E-state index < -0.39 is 0 Å². The lowest BCUT2D eigenvalue weighted by molar-refractivity contribution is 1.66. The minimum Gasteiger partial charge on any atom is -0.0955 e. The van der Waals surface area contributed by atoms with E-state index in [-0.39, 0.29) is 0 Å². The topological polar surface area (TPSA) is 0 Å². The van der Waals surface area contributed by atoms with Crippen LogP contribution in [0, 0.1) is 0 Å². The molecule has 4 aromatic carbocycles. The van der Waals surface area contributed by atoms with Crippen LogP contribution < -0.4 is 0 Å². The number of hydrogen-bond donors (Lipinski definition) is 0. The van der Waals surface area contributed by atoms with Crippen LogP contribution in [0.5, 0.6) is 0 Å². The van der Waals surface area contributed by atoms with Gasteiger partial charge in [-0.1, -0.05) is 72.8 Å². The standard InChI is InChI=1S/C21H16/c1-14(2)20-13-16-12-11-15-7-3-4-8-17(15)21(16)19-10-6-5-9-18(19)20/h3-13H,1H2,2H3. The van der Waals surface area contributed by atoms with Crippen molar-refractivity contribution in [3.8, 4) is 0 Å². The van der Waals surface area contributed by atoms with Gasteiger partial charge in [-0.05, 0) is 50.9 Å². The van der Waals surface area contributed by atoms with Crippen molar-refractivity contribution in [1.29, 1.82) is 0 Å². The molecule has 0 spiro atoms. The molecule has 0 heteroatoms. The van der Waals surface area contributed by atoms with Crippen molar-refractivity contribution < 1.29 is 0 Å². The first-order chi connectivity index (χ1) is 10.3. The van der Waals surface area contributed by atoms with Crippen LogP contribution in [0.15, 0.2) is 73.3 Å². The van der Waals surface area contributed by atoms with Gasteiger partial charge >= 0.3 is 0 Å². The highest BCUT2D eigenvalue weighted by Gasteiger charge is 2.09. The Kier molecular flexibility index (Phi) is 2.58. The molecule has 0 N–H and O–H groups in total. The predicted molar refractivity (Wildman–Crippen MR) is 93.7 cm³/mol. The van der Waals surface area contributed by atoms with Crippen molar-refractivity contribution >= 4 is 37.9 Å². The smallest absolute Gasteiger partial charge is 0.00264 e. The van der Waals surface area contributed by atoms with Crippen molar-refractivity contribution in [1.82, 2.24) is 0 Å². The van der Waals surface area contributed by atoms with Gasteiger partial charge in [0.2, 0.25) is 0 Å². The van der Waals surface area contributed by atoms with E-state index in [1.165, 1.54) is 37.9 Å². The summed E-state index contributed by atoms with van der Waals surface area (Å²) in [5.41, 5.74) is 2.36. The molecule has 0 aliphatic heterocycles. The average Bonchev–Trinajstić information content (AvgIpc) is 2.53. The monoisotopic (exact) mass is 268 g/mol. The maximum absolute atomic E-state index is 4.14. The summed E-state index contributed by atoms with van der Waals surface area (Å²) >= 11 is 0. The highest BCUT2D eigenvalue weighted by molar-refractivity contribution is 6.22. The Hall–Kier alpha value is -2.60. The van der Waals surface area contributed by atoms with Crippen molar-refractivity contribution in [2.75, 3.05) is 0 Å². The summed E-state index contributed by atoms with van der Waals surface area (Å²) in [6.45, 7) is 6.22. The fraction of sp³-hybridized carbons (Fsp3) is 0.0476. The molecule has 0 amide bonds. The Bertz CT molecular complexity index is 1010. The van der Waals surface area contributed by atoms with E-state index in [9.17, 15) is 0 Å². The quantitative estimate of drug-likeness (QED) is 0.362. The first kappa shape index (κ1) is 12.2. The zero-order valence-electron chi connectivity index (χ0n) is 12.1. The third kappa shape index (κ3) is 1.76. The summed E-state index contributed by atoms with van der Waals surface area (Å²) in [5, 5.41) is 7.83. The van der Waals surface area contributed by atoms with Gasteiger partial charge < -0.3 is 0 Å². The molecule has 0 aliphatic carbocycles. The molecule has 0 nitrogen and oxygen atoms in total. The van der Waals surface area contributed by atoms with E-state index in [1.54, 1.807) is 0 Å². The highest BCUT2D eigenvalue weighted by atomic mass is 14.1. The Morgan fingerprint density at radius 2 is 1.33 bits per heavy atom. The van der Waals surface area contributed by atoms with Crippen molar-refractivity contribution in [2.24, 2.45) is 0 Å². The van der Waals surface area contributed by atoms with Crippen LogP contribution in [0.3, 0.4) is 0 Å². The molecular formula is C21H16. The SMILES string of the molecule is C=C(C)c1cc2ccc3ccccc3c2c2ccccc12. The number of rotatable bonds is 1. The van der Waals surface area contributed by atoms with Gasteiger partial charge in [0.15, 0.2) is 0 Å². The van der Waals surface area contributed by atoms with E-state index in [4.69, 9.17) is 0 Å². The lowest BCUT2D eigenvalue weighted by Crippen LogP contribution is -1.86. The molecule has 0 unspecified atom stereocenters. The lowest BCUT2D eigenvalue weighted by Gasteiger charge is -2.12. The minimum absolute atomic E-state index is 1.11.